The van der Waals surface area contributed by atoms with Crippen molar-refractivity contribution in [1.29, 1.82) is 0 Å². The number of hydrogen-bond donors (Lipinski definition) is 2. The predicted octanol–water partition coefficient (Wildman–Crippen LogP) is 5.61. The average molecular weight is 428 g/mol. The fourth-order valence-electron chi connectivity index (χ4n) is 2.82. The Bertz CT molecular complexity index is 1100. The van der Waals surface area contributed by atoms with Crippen LogP contribution in [0.5, 0.6) is 5.75 Å². The van der Waals surface area contributed by atoms with Gasteiger partial charge in [-0.15, -0.1) is 0 Å². The summed E-state index contributed by atoms with van der Waals surface area (Å²) in [5.74, 6) is -0.625. The van der Waals surface area contributed by atoms with Crippen molar-refractivity contribution in [3.05, 3.63) is 89.5 Å². The molecule has 3 rings (SSSR count). The first-order chi connectivity index (χ1) is 14.8. The van der Waals surface area contributed by atoms with Crippen LogP contribution in [0.15, 0.2) is 72.8 Å². The molecule has 0 fully saturated rings. The van der Waals surface area contributed by atoms with Gasteiger partial charge >= 0.3 is 6.18 Å². The lowest BCUT2D eigenvalue weighted by Crippen LogP contribution is -2.16. The van der Waals surface area contributed by atoms with Gasteiger partial charge in [-0.2, -0.15) is 13.2 Å². The number of alkyl halides is 3. The van der Waals surface area contributed by atoms with Gasteiger partial charge in [-0.05, 0) is 55.5 Å². The highest BCUT2D eigenvalue weighted by atomic mass is 19.4. The molecule has 8 heteroatoms. The van der Waals surface area contributed by atoms with Gasteiger partial charge in [0.25, 0.3) is 11.8 Å². The Hall–Kier alpha value is -3.81. The average Bonchev–Trinajstić information content (AvgIpc) is 2.75. The maximum absolute atomic E-state index is 12.9. The lowest BCUT2D eigenvalue weighted by Gasteiger charge is -2.12. The van der Waals surface area contributed by atoms with E-state index in [0.29, 0.717) is 18.0 Å². The molecule has 0 atom stereocenters. The van der Waals surface area contributed by atoms with Crippen LogP contribution >= 0.6 is 0 Å². The quantitative estimate of drug-likeness (QED) is 0.536. The zero-order valence-corrected chi connectivity index (χ0v) is 16.5. The van der Waals surface area contributed by atoms with Crippen molar-refractivity contribution >= 4 is 23.2 Å². The highest BCUT2D eigenvalue weighted by molar-refractivity contribution is 6.07. The van der Waals surface area contributed by atoms with Crippen LogP contribution in [0.2, 0.25) is 0 Å². The number of amides is 2. The summed E-state index contributed by atoms with van der Waals surface area (Å²) in [6.07, 6.45) is -4.55. The van der Waals surface area contributed by atoms with E-state index in [2.05, 4.69) is 10.6 Å². The van der Waals surface area contributed by atoms with E-state index in [4.69, 9.17) is 4.74 Å². The van der Waals surface area contributed by atoms with Crippen molar-refractivity contribution in [3.8, 4) is 5.75 Å². The summed E-state index contributed by atoms with van der Waals surface area (Å²) in [5.41, 5.74) is -0.0365. The van der Waals surface area contributed by atoms with E-state index in [1.807, 2.05) is 6.92 Å². The summed E-state index contributed by atoms with van der Waals surface area (Å²) in [6.45, 7) is 2.26. The van der Waals surface area contributed by atoms with Crippen LogP contribution in [0, 0.1) is 0 Å². The van der Waals surface area contributed by atoms with Crippen LogP contribution in [0.25, 0.3) is 0 Å². The molecule has 0 aliphatic heterocycles. The molecule has 31 heavy (non-hydrogen) atoms. The lowest BCUT2D eigenvalue weighted by molar-refractivity contribution is -0.137. The van der Waals surface area contributed by atoms with Crippen LogP contribution in [0.4, 0.5) is 24.5 Å². The van der Waals surface area contributed by atoms with Gasteiger partial charge in [-0.1, -0.05) is 24.3 Å². The second-order valence-corrected chi connectivity index (χ2v) is 6.50. The Morgan fingerprint density at radius 1 is 0.839 bits per heavy atom. The van der Waals surface area contributed by atoms with Crippen molar-refractivity contribution in [1.82, 2.24) is 0 Å². The molecular formula is C23H19F3N2O3. The Kier molecular flexibility index (Phi) is 6.59. The van der Waals surface area contributed by atoms with Crippen LogP contribution in [0.1, 0.15) is 33.2 Å². The van der Waals surface area contributed by atoms with Crippen LogP contribution < -0.4 is 15.4 Å². The molecule has 0 radical (unpaired) electrons. The molecule has 0 aliphatic carbocycles. The van der Waals surface area contributed by atoms with E-state index in [9.17, 15) is 22.8 Å². The molecule has 0 aliphatic rings. The minimum atomic E-state index is -4.55. The second kappa shape index (κ2) is 9.34. The summed E-state index contributed by atoms with van der Waals surface area (Å²) < 4.78 is 44.1. The molecule has 0 saturated heterocycles. The van der Waals surface area contributed by atoms with Gasteiger partial charge in [0.05, 0.1) is 17.9 Å². The van der Waals surface area contributed by atoms with Crippen LogP contribution in [-0.2, 0) is 6.18 Å². The zero-order valence-electron chi connectivity index (χ0n) is 16.5. The normalized spacial score (nSPS) is 11.0. The molecule has 0 unspecified atom stereocenters. The summed E-state index contributed by atoms with van der Waals surface area (Å²) in [7, 11) is 0. The van der Waals surface area contributed by atoms with E-state index in [0.717, 1.165) is 18.2 Å². The number of halogens is 3. The molecule has 0 bridgehead atoms. The molecule has 2 N–H and O–H groups in total. The molecule has 160 valence electrons. The van der Waals surface area contributed by atoms with Crippen molar-refractivity contribution < 1.29 is 27.5 Å². The van der Waals surface area contributed by atoms with Crippen molar-refractivity contribution in [2.24, 2.45) is 0 Å². The maximum Gasteiger partial charge on any atom is 0.416 e. The highest BCUT2D eigenvalue weighted by Crippen LogP contribution is 2.30. The number of rotatable bonds is 6. The second-order valence-electron chi connectivity index (χ2n) is 6.50. The summed E-state index contributed by atoms with van der Waals surface area (Å²) in [5, 5.41) is 5.26. The van der Waals surface area contributed by atoms with Crippen molar-refractivity contribution in [2.45, 2.75) is 13.1 Å². The van der Waals surface area contributed by atoms with E-state index >= 15 is 0 Å². The van der Waals surface area contributed by atoms with Crippen molar-refractivity contribution in [3.63, 3.8) is 0 Å². The Balaban J connectivity index is 1.75. The number of hydrogen-bond acceptors (Lipinski definition) is 3. The highest BCUT2D eigenvalue weighted by Gasteiger charge is 2.30. The fourth-order valence-corrected chi connectivity index (χ4v) is 2.82. The predicted molar refractivity (Wildman–Crippen MR) is 111 cm³/mol. The van der Waals surface area contributed by atoms with E-state index in [-0.39, 0.29) is 16.8 Å². The number of carbonyl (C=O) groups is 2. The van der Waals surface area contributed by atoms with Gasteiger partial charge in [-0.3, -0.25) is 9.59 Å². The molecule has 5 nitrogen and oxygen atoms in total. The summed E-state index contributed by atoms with van der Waals surface area (Å²) in [4.78, 5) is 25.0. The Morgan fingerprint density at radius 3 is 2.19 bits per heavy atom. The van der Waals surface area contributed by atoms with E-state index < -0.39 is 23.6 Å². The third-order valence-corrected chi connectivity index (χ3v) is 4.27. The molecule has 2 amide bonds. The molecule has 0 spiro atoms. The monoisotopic (exact) mass is 428 g/mol. The van der Waals surface area contributed by atoms with E-state index in [1.165, 1.54) is 18.2 Å². The first kappa shape index (κ1) is 21.9. The molecular weight excluding hydrogens is 409 g/mol. The fraction of sp³-hybridized carbons (Fsp3) is 0.130. The number of carbonyl (C=O) groups excluding carboxylic acids is 2. The SMILES string of the molecule is CCOc1ccccc1NC(=O)c1cccc(NC(=O)c2cccc(C(F)(F)F)c2)c1. The molecule has 0 aromatic heterocycles. The lowest BCUT2D eigenvalue weighted by atomic mass is 10.1. The standard InChI is InChI=1S/C23H19F3N2O3/c1-2-31-20-12-4-3-11-19(20)28-22(30)16-8-6-10-18(14-16)27-21(29)15-7-5-9-17(13-15)23(24,25)26/h3-14H,2H2,1H3,(H,27,29)(H,28,30). The number of para-hydroxylation sites is 2. The summed E-state index contributed by atoms with van der Waals surface area (Å²) in [6, 6.07) is 17.2. The Labute approximate surface area is 176 Å². The molecule has 3 aromatic rings. The number of ether oxygens (including phenoxy) is 1. The van der Waals surface area contributed by atoms with Gasteiger partial charge in [0.2, 0.25) is 0 Å². The third kappa shape index (κ3) is 5.63. The first-order valence-corrected chi connectivity index (χ1v) is 9.40. The van der Waals surface area contributed by atoms with Crippen LogP contribution in [0.3, 0.4) is 0 Å². The topological polar surface area (TPSA) is 67.4 Å². The maximum atomic E-state index is 12.9. The molecule has 3 aromatic carbocycles. The summed E-state index contributed by atoms with van der Waals surface area (Å²) >= 11 is 0. The van der Waals surface area contributed by atoms with Crippen LogP contribution in [-0.4, -0.2) is 18.4 Å². The Morgan fingerprint density at radius 2 is 1.48 bits per heavy atom. The largest absolute Gasteiger partial charge is 0.492 e. The minimum Gasteiger partial charge on any atom is -0.492 e. The smallest absolute Gasteiger partial charge is 0.416 e. The first-order valence-electron chi connectivity index (χ1n) is 9.40. The number of nitrogens with one attached hydrogen (secondary N) is 2. The van der Waals surface area contributed by atoms with E-state index in [1.54, 1.807) is 36.4 Å². The number of anilines is 2. The van der Waals surface area contributed by atoms with Crippen molar-refractivity contribution in [2.75, 3.05) is 17.2 Å². The van der Waals surface area contributed by atoms with Gasteiger partial charge in [0, 0.05) is 16.8 Å². The van der Waals surface area contributed by atoms with Gasteiger partial charge in [-0.25, -0.2) is 0 Å². The van der Waals surface area contributed by atoms with Gasteiger partial charge in [0.1, 0.15) is 5.75 Å². The minimum absolute atomic E-state index is 0.143. The zero-order chi connectivity index (χ0) is 22.4. The van der Waals surface area contributed by atoms with Gasteiger partial charge < -0.3 is 15.4 Å². The third-order valence-electron chi connectivity index (χ3n) is 4.27. The van der Waals surface area contributed by atoms with Gasteiger partial charge in [0.15, 0.2) is 0 Å². The number of benzene rings is 3. The molecule has 0 heterocycles. The molecule has 0 saturated carbocycles.